The number of hydrogen-bond acceptors (Lipinski definition) is 7. The van der Waals surface area contributed by atoms with Crippen LogP contribution in [0.2, 0.25) is 5.02 Å². The fourth-order valence-corrected chi connectivity index (χ4v) is 5.46. The van der Waals surface area contributed by atoms with E-state index in [1.807, 2.05) is 31.2 Å². The normalized spacial score (nSPS) is 19.6. The van der Waals surface area contributed by atoms with Crippen LogP contribution in [0.4, 0.5) is 5.69 Å². The molecule has 2 aliphatic rings. The minimum Gasteiger partial charge on any atom is -0.461 e. The number of nitrogens with zero attached hydrogens (tertiary/aromatic N) is 1. The molecule has 0 unspecified atom stereocenters. The van der Waals surface area contributed by atoms with Gasteiger partial charge in [-0.15, -0.1) is 0 Å². The molecule has 0 saturated heterocycles. The van der Waals surface area contributed by atoms with Crippen LogP contribution in [-0.4, -0.2) is 34.8 Å². The van der Waals surface area contributed by atoms with E-state index in [1.165, 1.54) is 12.1 Å². The number of dihydropyridines is 1. The number of halogens is 1. The van der Waals surface area contributed by atoms with Crippen LogP contribution in [0.5, 0.6) is 0 Å². The maximum atomic E-state index is 13.6. The number of Topliss-reactive ketones (excluding diaryl/α,β-unsaturated/α-hetero) is 1. The van der Waals surface area contributed by atoms with Crippen LogP contribution >= 0.6 is 23.4 Å². The first kappa shape index (κ1) is 26.0. The summed E-state index contributed by atoms with van der Waals surface area (Å²) in [6.45, 7) is 4.05. The molecule has 2 aromatic rings. The Hall–Kier alpha value is -3.10. The summed E-state index contributed by atoms with van der Waals surface area (Å²) in [6.07, 6.45) is 0.836. The van der Waals surface area contributed by atoms with Crippen molar-refractivity contribution in [3.8, 4) is 0 Å². The molecule has 0 fully saturated rings. The lowest BCUT2D eigenvalue weighted by Crippen LogP contribution is -2.36. The molecule has 36 heavy (non-hydrogen) atoms. The van der Waals surface area contributed by atoms with Crippen LogP contribution in [0.3, 0.4) is 0 Å². The van der Waals surface area contributed by atoms with Gasteiger partial charge in [-0.3, -0.25) is 14.9 Å². The minimum absolute atomic E-state index is 0.0425. The van der Waals surface area contributed by atoms with E-state index in [0.717, 1.165) is 17.0 Å². The van der Waals surface area contributed by atoms with Crippen molar-refractivity contribution < 1.29 is 19.2 Å². The summed E-state index contributed by atoms with van der Waals surface area (Å²) in [5.74, 6) is 0.174. The van der Waals surface area contributed by atoms with Gasteiger partial charge in [0.15, 0.2) is 5.78 Å². The number of non-ortho nitro benzene ring substituents is 1. The Morgan fingerprint density at radius 2 is 1.94 bits per heavy atom. The highest BCUT2D eigenvalue weighted by atomic mass is 35.5. The topological polar surface area (TPSA) is 98.5 Å². The third-order valence-corrected chi connectivity index (χ3v) is 7.58. The van der Waals surface area contributed by atoms with E-state index in [2.05, 4.69) is 5.32 Å². The molecule has 0 bridgehead atoms. The summed E-state index contributed by atoms with van der Waals surface area (Å²) < 4.78 is 5.56. The highest BCUT2D eigenvalue weighted by Gasteiger charge is 2.41. The monoisotopic (exact) mass is 526 g/mol. The van der Waals surface area contributed by atoms with Gasteiger partial charge in [0.2, 0.25) is 0 Å². The summed E-state index contributed by atoms with van der Waals surface area (Å²) in [6, 6.07) is 13.6. The van der Waals surface area contributed by atoms with Crippen molar-refractivity contribution in [2.45, 2.75) is 38.5 Å². The van der Waals surface area contributed by atoms with E-state index in [4.69, 9.17) is 16.3 Å². The number of ketones is 1. The molecule has 1 heterocycles. The molecule has 0 radical (unpaired) electrons. The molecule has 4 rings (SSSR count). The number of carbonyl (C=O) groups excluding carboxylic acids is 2. The van der Waals surface area contributed by atoms with Gasteiger partial charge in [-0.05, 0) is 48.3 Å². The average molecular weight is 527 g/mol. The third kappa shape index (κ3) is 5.50. The van der Waals surface area contributed by atoms with E-state index in [9.17, 15) is 19.7 Å². The Labute approximate surface area is 219 Å². The standard InChI is InChI=1S/C27H27ClN2O5S/c1-3-36-12-11-35-27(32)24-16(2)29-22-14-19(17-7-9-20(28)10-8-17)15-23(31)26(22)25(24)18-5-4-6-21(13-18)30(33)34/h4-10,13,19,25,29H,3,11-12,14-15H2,1-2H3/t19-,25+/m0/s1. The number of benzene rings is 2. The molecule has 0 aromatic heterocycles. The second-order valence-corrected chi connectivity index (χ2v) is 10.6. The van der Waals surface area contributed by atoms with Crippen LogP contribution in [0.1, 0.15) is 49.7 Å². The van der Waals surface area contributed by atoms with Crippen LogP contribution in [0, 0.1) is 10.1 Å². The Morgan fingerprint density at radius 1 is 1.19 bits per heavy atom. The van der Waals surface area contributed by atoms with Crippen LogP contribution < -0.4 is 5.32 Å². The SMILES string of the molecule is CCSCCOC(=O)C1=C(C)NC2=C(C(=O)C[C@@H](c3ccc(Cl)cc3)C2)[C@@H]1c1cccc([N+](=O)[O-])c1. The molecule has 9 heteroatoms. The zero-order chi connectivity index (χ0) is 25.8. The Morgan fingerprint density at radius 3 is 2.64 bits per heavy atom. The average Bonchev–Trinajstić information content (AvgIpc) is 2.86. The van der Waals surface area contributed by atoms with Gasteiger partial charge < -0.3 is 10.1 Å². The van der Waals surface area contributed by atoms with Gasteiger partial charge in [-0.25, -0.2) is 4.79 Å². The second kappa shape index (κ2) is 11.3. The highest BCUT2D eigenvalue weighted by molar-refractivity contribution is 7.99. The van der Waals surface area contributed by atoms with Crippen molar-refractivity contribution in [2.24, 2.45) is 0 Å². The largest absolute Gasteiger partial charge is 0.461 e. The molecular formula is C27H27ClN2O5S. The number of allylic oxidation sites excluding steroid dienone is 3. The number of nitro benzene ring substituents is 1. The van der Waals surface area contributed by atoms with Gasteiger partial charge in [-0.1, -0.05) is 42.8 Å². The van der Waals surface area contributed by atoms with Crippen LogP contribution in [0.25, 0.3) is 0 Å². The maximum absolute atomic E-state index is 13.6. The predicted octanol–water partition coefficient (Wildman–Crippen LogP) is 5.91. The Bertz CT molecular complexity index is 1260. The fourth-order valence-electron chi connectivity index (χ4n) is 4.85. The summed E-state index contributed by atoms with van der Waals surface area (Å²) in [5, 5.41) is 15.4. The summed E-state index contributed by atoms with van der Waals surface area (Å²) >= 11 is 7.70. The van der Waals surface area contributed by atoms with Gasteiger partial charge in [0, 0.05) is 52.2 Å². The lowest BCUT2D eigenvalue weighted by Gasteiger charge is -2.36. The van der Waals surface area contributed by atoms with Gasteiger partial charge in [0.05, 0.1) is 10.5 Å². The summed E-state index contributed by atoms with van der Waals surface area (Å²) in [4.78, 5) is 37.9. The van der Waals surface area contributed by atoms with E-state index >= 15 is 0 Å². The molecule has 1 N–H and O–H groups in total. The first-order chi connectivity index (χ1) is 17.3. The minimum atomic E-state index is -0.744. The summed E-state index contributed by atoms with van der Waals surface area (Å²) in [5.41, 5.74) is 3.54. The molecule has 2 aromatic carbocycles. The smallest absolute Gasteiger partial charge is 0.336 e. The van der Waals surface area contributed by atoms with Gasteiger partial charge >= 0.3 is 5.97 Å². The van der Waals surface area contributed by atoms with Crippen molar-refractivity contribution in [1.29, 1.82) is 0 Å². The number of ether oxygens (including phenoxy) is 1. The first-order valence-electron chi connectivity index (χ1n) is 11.8. The fraction of sp³-hybridized carbons (Fsp3) is 0.333. The van der Waals surface area contributed by atoms with Gasteiger partial charge in [0.1, 0.15) is 6.61 Å². The number of hydrogen-bond donors (Lipinski definition) is 1. The molecule has 0 spiro atoms. The number of esters is 1. The number of nitrogens with one attached hydrogen (secondary N) is 1. The second-order valence-electron chi connectivity index (χ2n) is 8.75. The third-order valence-electron chi connectivity index (χ3n) is 6.47. The van der Waals surface area contributed by atoms with Crippen molar-refractivity contribution in [1.82, 2.24) is 5.32 Å². The van der Waals surface area contributed by atoms with Crippen molar-refractivity contribution >= 4 is 40.8 Å². The lowest BCUT2D eigenvalue weighted by atomic mass is 9.71. The molecule has 0 amide bonds. The van der Waals surface area contributed by atoms with Gasteiger partial charge in [0.25, 0.3) is 5.69 Å². The van der Waals surface area contributed by atoms with Gasteiger partial charge in [-0.2, -0.15) is 11.8 Å². The lowest BCUT2D eigenvalue weighted by molar-refractivity contribution is -0.384. The molecule has 2 atom stereocenters. The zero-order valence-corrected chi connectivity index (χ0v) is 21.7. The molecular weight excluding hydrogens is 500 g/mol. The molecule has 7 nitrogen and oxygen atoms in total. The maximum Gasteiger partial charge on any atom is 0.336 e. The highest BCUT2D eigenvalue weighted by Crippen LogP contribution is 2.46. The Kier molecular flexibility index (Phi) is 8.16. The number of nitro groups is 1. The number of rotatable bonds is 8. The van der Waals surface area contributed by atoms with Crippen LogP contribution in [-0.2, 0) is 14.3 Å². The predicted molar refractivity (Wildman–Crippen MR) is 141 cm³/mol. The zero-order valence-electron chi connectivity index (χ0n) is 20.1. The first-order valence-corrected chi connectivity index (χ1v) is 13.3. The van der Waals surface area contributed by atoms with Crippen molar-refractivity contribution in [2.75, 3.05) is 18.1 Å². The molecule has 1 aliphatic heterocycles. The van der Waals surface area contributed by atoms with Crippen LogP contribution in [0.15, 0.2) is 71.1 Å². The number of carbonyl (C=O) groups is 2. The number of thioether (sulfide) groups is 1. The van der Waals surface area contributed by atoms with E-state index in [-0.39, 0.29) is 30.4 Å². The Balaban J connectivity index is 1.74. The van der Waals surface area contributed by atoms with E-state index in [0.29, 0.717) is 39.6 Å². The summed E-state index contributed by atoms with van der Waals surface area (Å²) in [7, 11) is 0. The van der Waals surface area contributed by atoms with Crippen molar-refractivity contribution in [3.05, 3.63) is 97.3 Å². The van der Waals surface area contributed by atoms with E-state index in [1.54, 1.807) is 30.8 Å². The van der Waals surface area contributed by atoms with Crippen molar-refractivity contribution in [3.63, 3.8) is 0 Å². The molecule has 188 valence electrons. The molecule has 0 saturated carbocycles. The van der Waals surface area contributed by atoms with E-state index < -0.39 is 16.8 Å². The quantitative estimate of drug-likeness (QED) is 0.198. The molecule has 1 aliphatic carbocycles.